The van der Waals surface area contributed by atoms with Crippen LogP contribution >= 0.6 is 0 Å². The third-order valence-electron chi connectivity index (χ3n) is 4.45. The predicted molar refractivity (Wildman–Crippen MR) is 106 cm³/mol. The Morgan fingerprint density at radius 1 is 1.10 bits per heavy atom. The van der Waals surface area contributed by atoms with Gasteiger partial charge in [-0.25, -0.2) is 13.2 Å². The first-order chi connectivity index (χ1) is 14.3. The SMILES string of the molecule is O=C(COC(=O)c1cccc(S(=O)(=O)N2CCCC2)c1)Nc1cccc([N+](=O)[O-])c1. The molecule has 2 aromatic carbocycles. The van der Waals surface area contributed by atoms with Crippen LogP contribution in [0.3, 0.4) is 0 Å². The average Bonchev–Trinajstić information content (AvgIpc) is 3.28. The lowest BCUT2D eigenvalue weighted by atomic mass is 10.2. The van der Waals surface area contributed by atoms with Crippen molar-refractivity contribution < 1.29 is 27.7 Å². The summed E-state index contributed by atoms with van der Waals surface area (Å²) in [5.74, 6) is -1.55. The summed E-state index contributed by atoms with van der Waals surface area (Å²) in [6, 6.07) is 10.8. The second-order valence-electron chi connectivity index (χ2n) is 6.57. The van der Waals surface area contributed by atoms with Crippen LogP contribution in [0.2, 0.25) is 0 Å². The zero-order valence-electron chi connectivity index (χ0n) is 15.8. The topological polar surface area (TPSA) is 136 Å². The van der Waals surface area contributed by atoms with E-state index < -0.39 is 33.4 Å². The Kier molecular flexibility index (Phi) is 6.43. The molecule has 0 spiro atoms. The van der Waals surface area contributed by atoms with Crippen molar-refractivity contribution in [2.24, 2.45) is 0 Å². The number of amides is 1. The summed E-state index contributed by atoms with van der Waals surface area (Å²) < 4.78 is 31.5. The molecule has 0 unspecified atom stereocenters. The molecule has 158 valence electrons. The number of nitro benzene ring substituents is 1. The molecule has 10 nitrogen and oxygen atoms in total. The van der Waals surface area contributed by atoms with Crippen LogP contribution in [0.25, 0.3) is 0 Å². The fourth-order valence-electron chi connectivity index (χ4n) is 2.97. The van der Waals surface area contributed by atoms with E-state index in [9.17, 15) is 28.1 Å². The number of carbonyl (C=O) groups excluding carboxylic acids is 2. The van der Waals surface area contributed by atoms with E-state index in [1.165, 1.54) is 52.8 Å². The summed E-state index contributed by atoms with van der Waals surface area (Å²) in [5, 5.41) is 13.2. The van der Waals surface area contributed by atoms with E-state index in [4.69, 9.17) is 4.74 Å². The van der Waals surface area contributed by atoms with Crippen molar-refractivity contribution >= 4 is 33.3 Å². The molecule has 1 fully saturated rings. The molecule has 0 aromatic heterocycles. The van der Waals surface area contributed by atoms with E-state index >= 15 is 0 Å². The number of sulfonamides is 1. The zero-order chi connectivity index (χ0) is 21.7. The number of nitro groups is 1. The fourth-order valence-corrected chi connectivity index (χ4v) is 4.53. The molecule has 11 heteroatoms. The minimum Gasteiger partial charge on any atom is -0.452 e. The Hall–Kier alpha value is -3.31. The Bertz CT molecular complexity index is 1080. The second kappa shape index (κ2) is 9.01. The smallest absolute Gasteiger partial charge is 0.338 e. The molecule has 0 atom stereocenters. The Morgan fingerprint density at radius 2 is 1.80 bits per heavy atom. The number of ether oxygens (including phenoxy) is 1. The third-order valence-corrected chi connectivity index (χ3v) is 6.34. The third kappa shape index (κ3) is 4.99. The van der Waals surface area contributed by atoms with Gasteiger partial charge in [-0.05, 0) is 37.1 Å². The van der Waals surface area contributed by atoms with Crippen LogP contribution in [0.5, 0.6) is 0 Å². The summed E-state index contributed by atoms with van der Waals surface area (Å²) in [6.07, 6.45) is 1.58. The van der Waals surface area contributed by atoms with E-state index in [1.807, 2.05) is 0 Å². The number of esters is 1. The highest BCUT2D eigenvalue weighted by Crippen LogP contribution is 2.22. The van der Waals surface area contributed by atoms with Crippen LogP contribution in [0.4, 0.5) is 11.4 Å². The summed E-state index contributed by atoms with van der Waals surface area (Å²) in [5.41, 5.74) is -0.0109. The normalized spacial score (nSPS) is 14.3. The van der Waals surface area contributed by atoms with E-state index in [2.05, 4.69) is 5.32 Å². The number of hydrogen-bond donors (Lipinski definition) is 1. The van der Waals surface area contributed by atoms with Gasteiger partial charge in [0.25, 0.3) is 11.6 Å². The van der Waals surface area contributed by atoms with Gasteiger partial charge in [0.2, 0.25) is 10.0 Å². The molecule has 1 aliphatic heterocycles. The minimum absolute atomic E-state index is 0.00146. The molecule has 0 aliphatic carbocycles. The number of non-ortho nitro benzene ring substituents is 1. The number of carbonyl (C=O) groups is 2. The number of nitrogens with one attached hydrogen (secondary N) is 1. The van der Waals surface area contributed by atoms with E-state index in [0.717, 1.165) is 12.8 Å². The van der Waals surface area contributed by atoms with Crippen molar-refractivity contribution in [3.63, 3.8) is 0 Å². The minimum atomic E-state index is -3.69. The molecule has 1 saturated heterocycles. The summed E-state index contributed by atoms with van der Waals surface area (Å²) in [6.45, 7) is 0.244. The molecule has 1 heterocycles. The van der Waals surface area contributed by atoms with Gasteiger partial charge < -0.3 is 10.1 Å². The van der Waals surface area contributed by atoms with Crippen LogP contribution in [0.15, 0.2) is 53.4 Å². The van der Waals surface area contributed by atoms with Gasteiger partial charge in [0, 0.05) is 30.9 Å². The van der Waals surface area contributed by atoms with Gasteiger partial charge in [-0.1, -0.05) is 12.1 Å². The van der Waals surface area contributed by atoms with E-state index in [0.29, 0.717) is 13.1 Å². The predicted octanol–water partition coefficient (Wildman–Crippen LogP) is 2.17. The lowest BCUT2D eigenvalue weighted by Crippen LogP contribution is -2.28. The number of nitrogens with zero attached hydrogens (tertiary/aromatic N) is 2. The Balaban J connectivity index is 1.62. The highest BCUT2D eigenvalue weighted by Gasteiger charge is 2.27. The molecule has 3 rings (SSSR count). The molecule has 2 aromatic rings. The monoisotopic (exact) mass is 433 g/mol. The van der Waals surface area contributed by atoms with Gasteiger partial charge >= 0.3 is 5.97 Å². The lowest BCUT2D eigenvalue weighted by molar-refractivity contribution is -0.384. The van der Waals surface area contributed by atoms with Gasteiger partial charge in [0.1, 0.15) is 0 Å². The molecular weight excluding hydrogens is 414 g/mol. The standard InChI is InChI=1S/C19H19N3O7S/c23-18(20-15-6-4-7-16(12-15)22(25)26)13-29-19(24)14-5-3-8-17(11-14)30(27,28)21-9-1-2-10-21/h3-8,11-12H,1-2,9-10,13H2,(H,20,23). The van der Waals surface area contributed by atoms with E-state index in [1.54, 1.807) is 0 Å². The molecule has 1 N–H and O–H groups in total. The van der Waals surface area contributed by atoms with Crippen molar-refractivity contribution in [1.82, 2.24) is 4.31 Å². The van der Waals surface area contributed by atoms with Crippen LogP contribution in [-0.4, -0.2) is 49.2 Å². The largest absolute Gasteiger partial charge is 0.452 e. The van der Waals surface area contributed by atoms with Gasteiger partial charge in [0.05, 0.1) is 15.4 Å². The van der Waals surface area contributed by atoms with Crippen molar-refractivity contribution in [3.8, 4) is 0 Å². The molecule has 0 bridgehead atoms. The van der Waals surface area contributed by atoms with Gasteiger partial charge in [0.15, 0.2) is 6.61 Å². The summed E-state index contributed by atoms with van der Waals surface area (Å²) >= 11 is 0. The molecule has 0 saturated carbocycles. The molecule has 1 amide bonds. The highest BCUT2D eigenvalue weighted by atomic mass is 32.2. The molecule has 30 heavy (non-hydrogen) atoms. The van der Waals surface area contributed by atoms with Gasteiger partial charge in [-0.2, -0.15) is 4.31 Å². The molecule has 1 aliphatic rings. The Morgan fingerprint density at radius 3 is 2.50 bits per heavy atom. The van der Waals surface area contributed by atoms with Crippen molar-refractivity contribution in [2.75, 3.05) is 25.0 Å². The number of anilines is 1. The number of benzene rings is 2. The van der Waals surface area contributed by atoms with Gasteiger partial charge in [-0.3, -0.25) is 14.9 Å². The quantitative estimate of drug-likeness (QED) is 0.401. The maximum atomic E-state index is 12.6. The lowest BCUT2D eigenvalue weighted by Gasteiger charge is -2.15. The summed E-state index contributed by atoms with van der Waals surface area (Å²) in [4.78, 5) is 34.4. The fraction of sp³-hybridized carbons (Fsp3) is 0.263. The van der Waals surface area contributed by atoms with Crippen LogP contribution < -0.4 is 5.32 Å². The second-order valence-corrected chi connectivity index (χ2v) is 8.51. The van der Waals surface area contributed by atoms with Crippen LogP contribution in [0.1, 0.15) is 23.2 Å². The molecular formula is C19H19N3O7S. The first-order valence-electron chi connectivity index (χ1n) is 9.09. The summed E-state index contributed by atoms with van der Waals surface area (Å²) in [7, 11) is -3.69. The van der Waals surface area contributed by atoms with Crippen molar-refractivity contribution in [3.05, 3.63) is 64.2 Å². The van der Waals surface area contributed by atoms with E-state index in [-0.39, 0.29) is 21.8 Å². The number of hydrogen-bond acceptors (Lipinski definition) is 7. The van der Waals surface area contributed by atoms with Crippen molar-refractivity contribution in [1.29, 1.82) is 0 Å². The van der Waals surface area contributed by atoms with Gasteiger partial charge in [-0.15, -0.1) is 0 Å². The average molecular weight is 433 g/mol. The maximum absolute atomic E-state index is 12.6. The Labute approximate surface area is 172 Å². The van der Waals surface area contributed by atoms with Crippen molar-refractivity contribution in [2.45, 2.75) is 17.7 Å². The number of rotatable bonds is 7. The van der Waals surface area contributed by atoms with Crippen LogP contribution in [-0.2, 0) is 19.6 Å². The first-order valence-corrected chi connectivity index (χ1v) is 10.5. The van der Waals surface area contributed by atoms with Crippen LogP contribution in [0, 0.1) is 10.1 Å². The maximum Gasteiger partial charge on any atom is 0.338 e. The molecule has 0 radical (unpaired) electrons. The zero-order valence-corrected chi connectivity index (χ0v) is 16.6. The first kappa shape index (κ1) is 21.4. The highest BCUT2D eigenvalue weighted by molar-refractivity contribution is 7.89.